The molecule has 8 heteroatoms. The summed E-state index contributed by atoms with van der Waals surface area (Å²) in [7, 11) is 0. The van der Waals surface area contributed by atoms with E-state index >= 15 is 0 Å². The van der Waals surface area contributed by atoms with Crippen molar-refractivity contribution in [3.05, 3.63) is 77.5 Å². The van der Waals surface area contributed by atoms with Crippen LogP contribution >= 0.6 is 0 Å². The van der Waals surface area contributed by atoms with Gasteiger partial charge in [-0.3, -0.25) is 4.98 Å². The average molecular weight is 441 g/mol. The van der Waals surface area contributed by atoms with Crippen molar-refractivity contribution in [3.8, 4) is 0 Å². The highest BCUT2D eigenvalue weighted by Gasteiger charge is 2.56. The van der Waals surface area contributed by atoms with E-state index in [9.17, 15) is 31.4 Å². The van der Waals surface area contributed by atoms with Crippen LogP contribution in [-0.4, -0.2) is 21.9 Å². The second kappa shape index (κ2) is 7.82. The third-order valence-corrected chi connectivity index (χ3v) is 5.45. The molecule has 1 heterocycles. The van der Waals surface area contributed by atoms with Crippen molar-refractivity contribution in [1.82, 2.24) is 4.98 Å². The highest BCUT2D eigenvalue weighted by Crippen LogP contribution is 2.46. The predicted molar refractivity (Wildman–Crippen MR) is 106 cm³/mol. The van der Waals surface area contributed by atoms with Gasteiger partial charge in [-0.1, -0.05) is 50.2 Å². The van der Waals surface area contributed by atoms with Gasteiger partial charge in [-0.25, -0.2) is 0 Å². The predicted octanol–water partition coefficient (Wildman–Crippen LogP) is 6.46. The van der Waals surface area contributed by atoms with E-state index in [2.05, 4.69) is 4.98 Å². The van der Waals surface area contributed by atoms with Crippen molar-refractivity contribution in [3.63, 3.8) is 0 Å². The Balaban J connectivity index is 2.06. The van der Waals surface area contributed by atoms with Gasteiger partial charge in [0, 0.05) is 18.0 Å². The van der Waals surface area contributed by atoms with Crippen molar-refractivity contribution < 1.29 is 31.4 Å². The molecule has 31 heavy (non-hydrogen) atoms. The largest absolute Gasteiger partial charge is 0.417 e. The zero-order valence-electron chi connectivity index (χ0n) is 16.8. The maximum Gasteiger partial charge on any atom is 0.417 e. The molecule has 166 valence electrons. The van der Waals surface area contributed by atoms with Gasteiger partial charge in [0.1, 0.15) is 0 Å². The Kier molecular flexibility index (Phi) is 5.82. The van der Waals surface area contributed by atoms with Crippen LogP contribution in [0.15, 0.2) is 60.8 Å². The van der Waals surface area contributed by atoms with Crippen molar-refractivity contribution in [1.29, 1.82) is 0 Å². The minimum Gasteiger partial charge on any atom is -0.380 e. The third kappa shape index (κ3) is 4.69. The standard InChI is InChI=1S/C23H21F6NO/c1-20(2,17-8-4-5-9-18(17)22(24,25)26)14-21(31,23(27,28)29)13-15-11-12-30-19-10-6-3-7-16(15)19/h3-12,31H,13-14H2,1-2H3. The van der Waals surface area contributed by atoms with E-state index < -0.39 is 41.8 Å². The van der Waals surface area contributed by atoms with E-state index in [0.29, 0.717) is 10.9 Å². The molecule has 0 radical (unpaired) electrons. The highest BCUT2D eigenvalue weighted by molar-refractivity contribution is 5.81. The van der Waals surface area contributed by atoms with E-state index in [-0.39, 0.29) is 11.1 Å². The molecule has 0 spiro atoms. The Labute approximate surface area is 175 Å². The smallest absolute Gasteiger partial charge is 0.380 e. The molecule has 2 nitrogen and oxygen atoms in total. The lowest BCUT2D eigenvalue weighted by molar-refractivity contribution is -0.266. The van der Waals surface area contributed by atoms with E-state index in [1.54, 1.807) is 24.3 Å². The second-order valence-electron chi connectivity index (χ2n) is 8.30. The van der Waals surface area contributed by atoms with Gasteiger partial charge in [0.05, 0.1) is 11.1 Å². The van der Waals surface area contributed by atoms with Crippen molar-refractivity contribution in [2.45, 2.75) is 50.1 Å². The first-order valence-electron chi connectivity index (χ1n) is 9.53. The molecule has 0 bridgehead atoms. The summed E-state index contributed by atoms with van der Waals surface area (Å²) in [5, 5.41) is 11.3. The molecule has 0 aliphatic heterocycles. The van der Waals surface area contributed by atoms with Gasteiger partial charge in [0.25, 0.3) is 0 Å². The van der Waals surface area contributed by atoms with Gasteiger partial charge in [-0.2, -0.15) is 26.3 Å². The van der Waals surface area contributed by atoms with Gasteiger partial charge in [0.15, 0.2) is 5.60 Å². The van der Waals surface area contributed by atoms with Crippen molar-refractivity contribution in [2.75, 3.05) is 0 Å². The number of hydrogen-bond donors (Lipinski definition) is 1. The molecule has 1 N–H and O–H groups in total. The number of halogens is 6. The number of pyridine rings is 1. The molecule has 0 saturated heterocycles. The summed E-state index contributed by atoms with van der Waals surface area (Å²) in [4.78, 5) is 4.11. The summed E-state index contributed by atoms with van der Waals surface area (Å²) in [6, 6.07) is 12.5. The lowest BCUT2D eigenvalue weighted by atomic mass is 9.71. The van der Waals surface area contributed by atoms with E-state index in [1.807, 2.05) is 0 Å². The lowest BCUT2D eigenvalue weighted by Gasteiger charge is -2.39. The summed E-state index contributed by atoms with van der Waals surface area (Å²) in [5.41, 5.74) is -5.52. The summed E-state index contributed by atoms with van der Waals surface area (Å²) < 4.78 is 82.7. The number of nitrogens with zero attached hydrogens (tertiary/aromatic N) is 1. The first kappa shape index (κ1) is 23.1. The summed E-state index contributed by atoms with van der Waals surface area (Å²) >= 11 is 0. The number of fused-ring (bicyclic) bond motifs is 1. The molecular formula is C23H21F6NO. The molecule has 1 aromatic heterocycles. The topological polar surface area (TPSA) is 33.1 Å². The third-order valence-electron chi connectivity index (χ3n) is 5.45. The zero-order chi connectivity index (χ0) is 23.1. The summed E-state index contributed by atoms with van der Waals surface area (Å²) in [6.07, 6.45) is -10.2. The van der Waals surface area contributed by atoms with Crippen LogP contribution < -0.4 is 0 Å². The van der Waals surface area contributed by atoms with Gasteiger partial charge in [0.2, 0.25) is 0 Å². The van der Waals surface area contributed by atoms with Crippen LogP contribution in [0.25, 0.3) is 10.9 Å². The minimum atomic E-state index is -5.07. The molecule has 1 unspecified atom stereocenters. The number of alkyl halides is 6. The molecular weight excluding hydrogens is 420 g/mol. The molecule has 0 aliphatic carbocycles. The van der Waals surface area contributed by atoms with Crippen molar-refractivity contribution >= 4 is 10.9 Å². The average Bonchev–Trinajstić information content (AvgIpc) is 2.66. The van der Waals surface area contributed by atoms with Crippen LogP contribution in [0.4, 0.5) is 26.3 Å². The fourth-order valence-corrected chi connectivity index (χ4v) is 4.03. The van der Waals surface area contributed by atoms with Crippen LogP contribution in [0.2, 0.25) is 0 Å². The van der Waals surface area contributed by atoms with E-state index in [4.69, 9.17) is 0 Å². The Morgan fingerprint density at radius 3 is 2.00 bits per heavy atom. The molecule has 3 aromatic rings. The van der Waals surface area contributed by atoms with Gasteiger partial charge in [-0.05, 0) is 41.2 Å². The fourth-order valence-electron chi connectivity index (χ4n) is 4.03. The van der Waals surface area contributed by atoms with Crippen LogP contribution in [0.5, 0.6) is 0 Å². The first-order valence-corrected chi connectivity index (χ1v) is 9.53. The Hall–Kier alpha value is -2.61. The molecule has 2 aromatic carbocycles. The number of rotatable bonds is 5. The molecule has 0 fully saturated rings. The Bertz CT molecular complexity index is 1070. The van der Waals surface area contributed by atoms with Crippen LogP contribution in [0.3, 0.4) is 0 Å². The molecule has 3 rings (SSSR count). The lowest BCUT2D eigenvalue weighted by Crippen LogP contribution is -2.51. The van der Waals surface area contributed by atoms with Crippen molar-refractivity contribution in [2.24, 2.45) is 0 Å². The first-order chi connectivity index (χ1) is 14.2. The molecule has 0 amide bonds. The minimum absolute atomic E-state index is 0.213. The quantitative estimate of drug-likeness (QED) is 0.461. The van der Waals surface area contributed by atoms with Gasteiger partial charge < -0.3 is 5.11 Å². The maximum atomic E-state index is 14.1. The summed E-state index contributed by atoms with van der Waals surface area (Å²) in [6.45, 7) is 2.55. The Morgan fingerprint density at radius 2 is 1.39 bits per heavy atom. The molecule has 1 atom stereocenters. The number of aromatic nitrogens is 1. The second-order valence-corrected chi connectivity index (χ2v) is 8.30. The fraction of sp³-hybridized carbons (Fsp3) is 0.348. The zero-order valence-corrected chi connectivity index (χ0v) is 16.8. The van der Waals surface area contributed by atoms with E-state index in [1.165, 1.54) is 38.2 Å². The van der Waals surface area contributed by atoms with Gasteiger partial charge >= 0.3 is 12.4 Å². The number of para-hydroxylation sites is 1. The normalized spacial score (nSPS) is 15.1. The Morgan fingerprint density at radius 1 is 0.806 bits per heavy atom. The van der Waals surface area contributed by atoms with Crippen LogP contribution in [-0.2, 0) is 18.0 Å². The number of aliphatic hydroxyl groups is 1. The molecule has 0 aliphatic rings. The SMILES string of the molecule is CC(C)(CC(O)(Cc1ccnc2ccccc12)C(F)(F)F)c1ccccc1C(F)(F)F. The number of benzene rings is 2. The van der Waals surface area contributed by atoms with Crippen LogP contribution in [0.1, 0.15) is 37.0 Å². The highest BCUT2D eigenvalue weighted by atomic mass is 19.4. The maximum absolute atomic E-state index is 14.1. The van der Waals surface area contributed by atoms with E-state index in [0.717, 1.165) is 12.1 Å². The van der Waals surface area contributed by atoms with Gasteiger partial charge in [-0.15, -0.1) is 0 Å². The van der Waals surface area contributed by atoms with Crippen LogP contribution in [0, 0.1) is 0 Å². The summed E-state index contributed by atoms with van der Waals surface area (Å²) in [5.74, 6) is 0. The monoisotopic (exact) mass is 441 g/mol. The number of hydrogen-bond acceptors (Lipinski definition) is 2. The molecule has 0 saturated carbocycles.